The van der Waals surface area contributed by atoms with Crippen LogP contribution >= 0.6 is 0 Å². The summed E-state index contributed by atoms with van der Waals surface area (Å²) < 4.78 is 5.46. The van der Waals surface area contributed by atoms with E-state index in [-0.39, 0.29) is 11.8 Å². The summed E-state index contributed by atoms with van der Waals surface area (Å²) in [6, 6.07) is 6.01. The second-order valence-electron chi connectivity index (χ2n) is 5.00. The summed E-state index contributed by atoms with van der Waals surface area (Å²) in [6.45, 7) is 2.59. The molecule has 1 saturated carbocycles. The summed E-state index contributed by atoms with van der Waals surface area (Å²) in [5.74, 6) is -0.653. The number of carboxylic acid groups (broad SMARTS) is 1. The second kappa shape index (κ2) is 6.41. The molecule has 2 N–H and O–H groups in total. The minimum absolute atomic E-state index is 0.0657. The zero-order chi connectivity index (χ0) is 14.5. The standard InChI is InChI=1S/C15H19NO4/c1-2-8-20-12-5-3-4-11(9-12)14(17)16-13(15(18)19)10-6-7-10/h3-5,9-10,13H,2,6-8H2,1H3,(H,16,17)(H,18,19). The lowest BCUT2D eigenvalue weighted by molar-refractivity contribution is -0.139. The van der Waals surface area contributed by atoms with E-state index in [4.69, 9.17) is 9.84 Å². The van der Waals surface area contributed by atoms with Crippen LogP contribution in [0.25, 0.3) is 0 Å². The normalized spacial score (nSPS) is 15.4. The predicted octanol–water partition coefficient (Wildman–Crippen LogP) is 2.07. The van der Waals surface area contributed by atoms with Crippen molar-refractivity contribution in [1.29, 1.82) is 0 Å². The van der Waals surface area contributed by atoms with Crippen LogP contribution in [0.15, 0.2) is 24.3 Å². The molecule has 0 aliphatic heterocycles. The highest BCUT2D eigenvalue weighted by Gasteiger charge is 2.37. The van der Waals surface area contributed by atoms with Gasteiger partial charge in [0.05, 0.1) is 6.61 Å². The molecule has 1 unspecified atom stereocenters. The van der Waals surface area contributed by atoms with Crippen molar-refractivity contribution in [3.8, 4) is 5.75 Å². The molecule has 108 valence electrons. The highest BCUT2D eigenvalue weighted by Crippen LogP contribution is 2.32. The zero-order valence-corrected chi connectivity index (χ0v) is 11.5. The van der Waals surface area contributed by atoms with Gasteiger partial charge in [-0.3, -0.25) is 4.79 Å². The van der Waals surface area contributed by atoms with Crippen molar-refractivity contribution < 1.29 is 19.4 Å². The SMILES string of the molecule is CCCOc1cccc(C(=O)NC(C(=O)O)C2CC2)c1. The first-order valence-corrected chi connectivity index (χ1v) is 6.88. The Kier molecular flexibility index (Phi) is 4.61. The molecule has 5 heteroatoms. The molecular formula is C15H19NO4. The van der Waals surface area contributed by atoms with Crippen molar-refractivity contribution in [2.75, 3.05) is 6.61 Å². The Bertz CT molecular complexity index is 496. The summed E-state index contributed by atoms with van der Waals surface area (Å²) in [6.07, 6.45) is 2.60. The van der Waals surface area contributed by atoms with E-state index in [1.165, 1.54) is 0 Å². The number of ether oxygens (including phenoxy) is 1. The van der Waals surface area contributed by atoms with E-state index in [1.807, 2.05) is 6.92 Å². The number of rotatable bonds is 7. The Hall–Kier alpha value is -2.04. The quantitative estimate of drug-likeness (QED) is 0.800. The third kappa shape index (κ3) is 3.73. The van der Waals surface area contributed by atoms with Gasteiger partial charge in [0.1, 0.15) is 11.8 Å². The van der Waals surface area contributed by atoms with E-state index >= 15 is 0 Å². The molecule has 0 aromatic heterocycles. The summed E-state index contributed by atoms with van der Waals surface area (Å²) in [4.78, 5) is 23.2. The molecule has 20 heavy (non-hydrogen) atoms. The van der Waals surface area contributed by atoms with E-state index in [1.54, 1.807) is 24.3 Å². The smallest absolute Gasteiger partial charge is 0.326 e. The Morgan fingerprint density at radius 1 is 1.45 bits per heavy atom. The minimum Gasteiger partial charge on any atom is -0.494 e. The van der Waals surface area contributed by atoms with E-state index in [0.29, 0.717) is 17.9 Å². The predicted molar refractivity (Wildman–Crippen MR) is 73.8 cm³/mol. The molecule has 0 radical (unpaired) electrons. The van der Waals surface area contributed by atoms with Crippen LogP contribution in [0.3, 0.4) is 0 Å². The summed E-state index contributed by atoms with van der Waals surface area (Å²) in [5, 5.41) is 11.7. The summed E-state index contributed by atoms with van der Waals surface area (Å²) >= 11 is 0. The molecule has 1 aliphatic carbocycles. The fourth-order valence-corrected chi connectivity index (χ4v) is 1.98. The highest BCUT2D eigenvalue weighted by atomic mass is 16.5. The van der Waals surface area contributed by atoms with Crippen LogP contribution in [-0.4, -0.2) is 29.6 Å². The maximum absolute atomic E-state index is 12.1. The van der Waals surface area contributed by atoms with Crippen LogP contribution in [0.5, 0.6) is 5.75 Å². The van der Waals surface area contributed by atoms with Crippen LogP contribution in [0.1, 0.15) is 36.5 Å². The van der Waals surface area contributed by atoms with Gasteiger partial charge < -0.3 is 15.2 Å². The first kappa shape index (κ1) is 14.4. The van der Waals surface area contributed by atoms with Gasteiger partial charge in [-0.2, -0.15) is 0 Å². The minimum atomic E-state index is -0.973. The molecule has 1 amide bonds. The fourth-order valence-electron chi connectivity index (χ4n) is 1.98. The highest BCUT2D eigenvalue weighted by molar-refractivity contribution is 5.97. The van der Waals surface area contributed by atoms with Gasteiger partial charge in [-0.1, -0.05) is 13.0 Å². The van der Waals surface area contributed by atoms with E-state index in [2.05, 4.69) is 5.32 Å². The maximum atomic E-state index is 12.1. The lowest BCUT2D eigenvalue weighted by Crippen LogP contribution is -2.42. The monoisotopic (exact) mass is 277 g/mol. The van der Waals surface area contributed by atoms with Crippen molar-refractivity contribution in [3.63, 3.8) is 0 Å². The molecule has 5 nitrogen and oxygen atoms in total. The number of aliphatic carboxylic acids is 1. The van der Waals surface area contributed by atoms with Gasteiger partial charge in [-0.25, -0.2) is 4.79 Å². The lowest BCUT2D eigenvalue weighted by atomic mass is 10.1. The van der Waals surface area contributed by atoms with Gasteiger partial charge in [-0.05, 0) is 43.4 Å². The molecule has 1 fully saturated rings. The van der Waals surface area contributed by atoms with Gasteiger partial charge in [0, 0.05) is 5.56 Å². The molecule has 0 saturated heterocycles. The van der Waals surface area contributed by atoms with Gasteiger partial charge in [0.25, 0.3) is 5.91 Å². The molecule has 2 rings (SSSR count). The Morgan fingerprint density at radius 2 is 2.20 bits per heavy atom. The molecular weight excluding hydrogens is 258 g/mol. The number of hydrogen-bond acceptors (Lipinski definition) is 3. The Balaban J connectivity index is 2.02. The molecule has 0 bridgehead atoms. The largest absolute Gasteiger partial charge is 0.494 e. The van der Waals surface area contributed by atoms with Crippen molar-refractivity contribution in [2.45, 2.75) is 32.2 Å². The van der Waals surface area contributed by atoms with Crippen molar-refractivity contribution in [2.24, 2.45) is 5.92 Å². The van der Waals surface area contributed by atoms with Gasteiger partial charge in [0.15, 0.2) is 0 Å². The average Bonchev–Trinajstić information content (AvgIpc) is 3.26. The number of benzene rings is 1. The first-order valence-electron chi connectivity index (χ1n) is 6.88. The number of carbonyl (C=O) groups excluding carboxylic acids is 1. The van der Waals surface area contributed by atoms with Crippen LogP contribution in [-0.2, 0) is 4.79 Å². The third-order valence-corrected chi connectivity index (χ3v) is 3.22. The Labute approximate surface area is 117 Å². The van der Waals surface area contributed by atoms with Crippen LogP contribution < -0.4 is 10.1 Å². The summed E-state index contributed by atoms with van der Waals surface area (Å²) in [7, 11) is 0. The molecule has 1 atom stereocenters. The van der Waals surface area contributed by atoms with Gasteiger partial charge >= 0.3 is 5.97 Å². The number of hydrogen-bond donors (Lipinski definition) is 2. The van der Waals surface area contributed by atoms with E-state index in [9.17, 15) is 9.59 Å². The molecule has 0 heterocycles. The van der Waals surface area contributed by atoms with Crippen LogP contribution in [0.2, 0.25) is 0 Å². The van der Waals surface area contributed by atoms with E-state index in [0.717, 1.165) is 19.3 Å². The van der Waals surface area contributed by atoms with Crippen molar-refractivity contribution in [3.05, 3.63) is 29.8 Å². The van der Waals surface area contributed by atoms with Gasteiger partial charge in [-0.15, -0.1) is 0 Å². The van der Waals surface area contributed by atoms with Crippen LogP contribution in [0.4, 0.5) is 0 Å². The number of nitrogens with one attached hydrogen (secondary N) is 1. The van der Waals surface area contributed by atoms with Crippen LogP contribution in [0, 0.1) is 5.92 Å². The zero-order valence-electron chi connectivity index (χ0n) is 11.5. The third-order valence-electron chi connectivity index (χ3n) is 3.22. The molecule has 1 aromatic rings. The molecule has 1 aliphatic rings. The second-order valence-corrected chi connectivity index (χ2v) is 5.00. The first-order chi connectivity index (χ1) is 9.61. The number of amides is 1. The van der Waals surface area contributed by atoms with Crippen molar-refractivity contribution >= 4 is 11.9 Å². The Morgan fingerprint density at radius 3 is 2.80 bits per heavy atom. The number of carbonyl (C=O) groups is 2. The topological polar surface area (TPSA) is 75.6 Å². The molecule has 0 spiro atoms. The lowest BCUT2D eigenvalue weighted by Gasteiger charge is -2.14. The van der Waals surface area contributed by atoms with Crippen molar-refractivity contribution in [1.82, 2.24) is 5.32 Å². The average molecular weight is 277 g/mol. The maximum Gasteiger partial charge on any atom is 0.326 e. The van der Waals surface area contributed by atoms with E-state index < -0.39 is 12.0 Å². The number of carboxylic acids is 1. The fraction of sp³-hybridized carbons (Fsp3) is 0.467. The summed E-state index contributed by atoms with van der Waals surface area (Å²) in [5.41, 5.74) is 0.422. The van der Waals surface area contributed by atoms with Gasteiger partial charge in [0.2, 0.25) is 0 Å². The molecule has 1 aromatic carbocycles.